The first kappa shape index (κ1) is 17.9. The smallest absolute Gasteiger partial charge is 0.229 e. The Bertz CT molecular complexity index is 670. The van der Waals surface area contributed by atoms with Gasteiger partial charge in [-0.2, -0.15) is 11.8 Å². The summed E-state index contributed by atoms with van der Waals surface area (Å²) in [5, 5.41) is 3.03. The molecule has 1 saturated heterocycles. The van der Waals surface area contributed by atoms with Gasteiger partial charge >= 0.3 is 0 Å². The Balaban J connectivity index is 1.33. The predicted octanol–water partition coefficient (Wildman–Crippen LogP) is 2.12. The summed E-state index contributed by atoms with van der Waals surface area (Å²) >= 11 is 1.90. The van der Waals surface area contributed by atoms with E-state index in [4.69, 9.17) is 5.73 Å². The molecule has 4 atom stereocenters. The molecular formula is C20H27N3O2S. The van der Waals surface area contributed by atoms with E-state index in [1.165, 1.54) is 6.42 Å². The Morgan fingerprint density at radius 1 is 1.12 bits per heavy atom. The fraction of sp³-hybridized carbons (Fsp3) is 0.600. The maximum Gasteiger partial charge on any atom is 0.229 e. The van der Waals surface area contributed by atoms with Crippen LogP contribution < -0.4 is 11.1 Å². The zero-order valence-corrected chi connectivity index (χ0v) is 15.8. The number of rotatable bonds is 4. The van der Waals surface area contributed by atoms with Crippen LogP contribution >= 0.6 is 11.8 Å². The Morgan fingerprint density at radius 2 is 1.81 bits per heavy atom. The van der Waals surface area contributed by atoms with E-state index in [9.17, 15) is 9.59 Å². The summed E-state index contributed by atoms with van der Waals surface area (Å²) in [6, 6.07) is 7.67. The van der Waals surface area contributed by atoms with Crippen LogP contribution in [0.4, 0.5) is 5.69 Å². The van der Waals surface area contributed by atoms with Crippen molar-refractivity contribution in [1.82, 2.24) is 4.90 Å². The van der Waals surface area contributed by atoms with Crippen LogP contribution in [0.3, 0.4) is 0 Å². The molecule has 2 aliphatic carbocycles. The summed E-state index contributed by atoms with van der Waals surface area (Å²) in [5.41, 5.74) is 8.04. The van der Waals surface area contributed by atoms with Gasteiger partial charge in [0.15, 0.2) is 0 Å². The van der Waals surface area contributed by atoms with Crippen molar-refractivity contribution < 1.29 is 9.59 Å². The average molecular weight is 374 g/mol. The van der Waals surface area contributed by atoms with Gasteiger partial charge in [0.05, 0.1) is 12.3 Å². The molecule has 26 heavy (non-hydrogen) atoms. The highest BCUT2D eigenvalue weighted by Crippen LogP contribution is 2.47. The Labute approximate surface area is 159 Å². The van der Waals surface area contributed by atoms with Crippen LogP contribution in [0.1, 0.15) is 24.8 Å². The van der Waals surface area contributed by atoms with Gasteiger partial charge < -0.3 is 16.0 Å². The molecule has 0 radical (unpaired) electrons. The quantitative estimate of drug-likeness (QED) is 0.848. The molecule has 3 N–H and O–H groups in total. The molecule has 2 amide bonds. The number of nitrogens with zero attached hydrogens (tertiary/aromatic N) is 1. The van der Waals surface area contributed by atoms with Crippen molar-refractivity contribution in [2.75, 3.05) is 29.9 Å². The minimum Gasteiger partial charge on any atom is -0.341 e. The summed E-state index contributed by atoms with van der Waals surface area (Å²) in [6.07, 6.45) is 3.84. The van der Waals surface area contributed by atoms with Crippen LogP contribution in [0.25, 0.3) is 0 Å². The van der Waals surface area contributed by atoms with Crippen LogP contribution in [0.5, 0.6) is 0 Å². The van der Waals surface area contributed by atoms with Crippen molar-refractivity contribution in [3.8, 4) is 0 Å². The van der Waals surface area contributed by atoms with E-state index < -0.39 is 0 Å². The first-order chi connectivity index (χ1) is 12.6. The molecule has 3 fully saturated rings. The van der Waals surface area contributed by atoms with E-state index in [-0.39, 0.29) is 23.8 Å². The normalized spacial score (nSPS) is 30.4. The van der Waals surface area contributed by atoms with Gasteiger partial charge in [-0.1, -0.05) is 12.1 Å². The van der Waals surface area contributed by atoms with Crippen LogP contribution in [0.15, 0.2) is 24.3 Å². The number of hydrogen-bond donors (Lipinski definition) is 2. The van der Waals surface area contributed by atoms with Gasteiger partial charge in [-0.3, -0.25) is 9.59 Å². The van der Waals surface area contributed by atoms with E-state index in [0.29, 0.717) is 18.3 Å². The fourth-order valence-electron chi connectivity index (χ4n) is 4.76. The fourth-order valence-corrected chi connectivity index (χ4v) is 5.66. The monoisotopic (exact) mass is 373 g/mol. The lowest BCUT2D eigenvalue weighted by molar-refractivity contribution is -0.130. The summed E-state index contributed by atoms with van der Waals surface area (Å²) in [4.78, 5) is 26.9. The topological polar surface area (TPSA) is 75.4 Å². The Morgan fingerprint density at radius 3 is 2.46 bits per heavy atom. The zero-order chi connectivity index (χ0) is 18.1. The van der Waals surface area contributed by atoms with Gasteiger partial charge in [0.1, 0.15) is 0 Å². The number of carbonyl (C=O) groups excluding carboxylic acids is 2. The van der Waals surface area contributed by atoms with E-state index in [1.807, 2.05) is 40.9 Å². The molecule has 0 spiro atoms. The third kappa shape index (κ3) is 3.62. The van der Waals surface area contributed by atoms with Crippen molar-refractivity contribution in [3.63, 3.8) is 0 Å². The van der Waals surface area contributed by atoms with Gasteiger partial charge in [-0.15, -0.1) is 0 Å². The van der Waals surface area contributed by atoms with Crippen LogP contribution in [-0.2, 0) is 16.0 Å². The summed E-state index contributed by atoms with van der Waals surface area (Å²) in [5.74, 6) is 3.23. The van der Waals surface area contributed by atoms with Crippen LogP contribution in [0, 0.1) is 17.8 Å². The summed E-state index contributed by atoms with van der Waals surface area (Å²) in [6.45, 7) is 1.70. The van der Waals surface area contributed by atoms with Gasteiger partial charge in [0.25, 0.3) is 0 Å². The van der Waals surface area contributed by atoms with Crippen LogP contribution in [-0.4, -0.2) is 47.4 Å². The first-order valence-electron chi connectivity index (χ1n) is 9.63. The first-order valence-corrected chi connectivity index (χ1v) is 10.8. The molecule has 1 aromatic carbocycles. The Hall–Kier alpha value is -1.53. The molecule has 2 bridgehead atoms. The number of fused-ring (bicyclic) bond motifs is 2. The number of amides is 2. The lowest BCUT2D eigenvalue weighted by Gasteiger charge is -2.27. The average Bonchev–Trinajstić information content (AvgIpc) is 3.25. The number of carbonyl (C=O) groups is 2. The number of nitrogens with one attached hydrogen (secondary N) is 1. The minimum atomic E-state index is -0.0491. The van der Waals surface area contributed by atoms with Crippen molar-refractivity contribution in [1.29, 1.82) is 0 Å². The van der Waals surface area contributed by atoms with Crippen molar-refractivity contribution in [3.05, 3.63) is 29.8 Å². The molecular weight excluding hydrogens is 346 g/mol. The minimum absolute atomic E-state index is 0.00773. The van der Waals surface area contributed by atoms with Gasteiger partial charge in [-0.25, -0.2) is 0 Å². The number of thioether (sulfide) groups is 1. The number of anilines is 1. The molecule has 1 aliphatic heterocycles. The van der Waals surface area contributed by atoms with E-state index in [1.54, 1.807) is 0 Å². The van der Waals surface area contributed by atoms with E-state index in [2.05, 4.69) is 5.32 Å². The predicted molar refractivity (Wildman–Crippen MR) is 105 cm³/mol. The lowest BCUT2D eigenvalue weighted by Crippen LogP contribution is -2.42. The second-order valence-corrected chi connectivity index (χ2v) is 9.02. The van der Waals surface area contributed by atoms with E-state index in [0.717, 1.165) is 48.7 Å². The van der Waals surface area contributed by atoms with Crippen LogP contribution in [0.2, 0.25) is 0 Å². The molecule has 4 rings (SSSR count). The highest BCUT2D eigenvalue weighted by molar-refractivity contribution is 7.99. The number of benzene rings is 1. The SMILES string of the molecule is NC1C2CCC(C2)C1C(=O)Nc1ccc(CC(=O)N2CCSCC2)cc1. The summed E-state index contributed by atoms with van der Waals surface area (Å²) in [7, 11) is 0. The maximum absolute atomic E-state index is 12.6. The van der Waals surface area contributed by atoms with Gasteiger partial charge in [0.2, 0.25) is 11.8 Å². The standard InChI is InChI=1S/C20H27N3O2S/c21-19-15-4-3-14(12-15)18(19)20(25)22-16-5-1-13(2-6-16)11-17(24)23-7-9-26-10-8-23/h1-2,5-6,14-15,18-19H,3-4,7-12,21H2,(H,22,25). The molecule has 1 aromatic rings. The number of nitrogens with two attached hydrogens (primary N) is 1. The van der Waals surface area contributed by atoms with E-state index >= 15 is 0 Å². The van der Waals surface area contributed by atoms with Gasteiger partial charge in [-0.05, 0) is 48.8 Å². The molecule has 6 heteroatoms. The summed E-state index contributed by atoms with van der Waals surface area (Å²) < 4.78 is 0. The molecule has 5 nitrogen and oxygen atoms in total. The Kier molecular flexibility index (Phi) is 5.23. The molecule has 2 saturated carbocycles. The second kappa shape index (κ2) is 7.61. The largest absolute Gasteiger partial charge is 0.341 e. The molecule has 3 aliphatic rings. The van der Waals surface area contributed by atoms with Crippen molar-refractivity contribution in [2.45, 2.75) is 31.7 Å². The molecule has 0 aromatic heterocycles. The zero-order valence-electron chi connectivity index (χ0n) is 15.0. The highest BCUT2D eigenvalue weighted by atomic mass is 32.2. The van der Waals surface area contributed by atoms with Crippen molar-refractivity contribution >= 4 is 29.3 Å². The molecule has 1 heterocycles. The molecule has 4 unspecified atom stereocenters. The third-order valence-electron chi connectivity index (χ3n) is 6.22. The second-order valence-electron chi connectivity index (χ2n) is 7.79. The highest BCUT2D eigenvalue weighted by Gasteiger charge is 2.49. The molecule has 140 valence electrons. The third-order valence-corrected chi connectivity index (χ3v) is 7.17. The number of hydrogen-bond acceptors (Lipinski definition) is 4. The van der Waals surface area contributed by atoms with Crippen molar-refractivity contribution in [2.24, 2.45) is 23.5 Å². The van der Waals surface area contributed by atoms with Gasteiger partial charge in [0, 0.05) is 36.3 Å². The maximum atomic E-state index is 12.6. The lowest BCUT2D eigenvalue weighted by atomic mass is 9.84.